The summed E-state index contributed by atoms with van der Waals surface area (Å²) in [5.74, 6) is -0.707. The second-order valence-corrected chi connectivity index (χ2v) is 8.66. The number of aromatic nitrogens is 1. The summed E-state index contributed by atoms with van der Waals surface area (Å²) in [5.41, 5.74) is 3.45. The van der Waals surface area contributed by atoms with E-state index in [0.29, 0.717) is 22.9 Å². The number of benzene rings is 3. The van der Waals surface area contributed by atoms with Gasteiger partial charge in [0, 0.05) is 30.2 Å². The molecule has 176 valence electrons. The Labute approximate surface area is 203 Å². The van der Waals surface area contributed by atoms with Crippen molar-refractivity contribution >= 4 is 28.3 Å². The molecule has 0 saturated heterocycles. The molecular weight excluding hydrogens is 440 g/mol. The quantitative estimate of drug-likeness (QED) is 0.399. The van der Waals surface area contributed by atoms with Crippen LogP contribution in [0.2, 0.25) is 0 Å². The van der Waals surface area contributed by atoms with Crippen LogP contribution in [0, 0.1) is 0 Å². The molecular formula is C29H26N2O4. The molecule has 0 saturated carbocycles. The van der Waals surface area contributed by atoms with Gasteiger partial charge in [-0.25, -0.2) is 4.79 Å². The number of fused-ring (bicyclic) bond motifs is 2. The van der Waals surface area contributed by atoms with E-state index in [9.17, 15) is 14.4 Å². The van der Waals surface area contributed by atoms with Gasteiger partial charge in [0.25, 0.3) is 5.56 Å². The SMILES string of the molecule is Cn1c(C(=O)OCCC(=O)N2CCCc3ccccc32)c(-c2ccccc2)c2ccccc2c1=O. The lowest BCUT2D eigenvalue weighted by Crippen LogP contribution is -2.36. The molecule has 4 aromatic rings. The first-order valence-electron chi connectivity index (χ1n) is 11.8. The maximum atomic E-state index is 13.3. The lowest BCUT2D eigenvalue weighted by molar-refractivity contribution is -0.119. The molecule has 0 radical (unpaired) electrons. The van der Waals surface area contributed by atoms with Gasteiger partial charge in [-0.3, -0.25) is 9.59 Å². The van der Waals surface area contributed by atoms with Crippen LogP contribution >= 0.6 is 0 Å². The third-order valence-electron chi connectivity index (χ3n) is 6.52. The average molecular weight is 467 g/mol. The standard InChI is InChI=1S/C29H26N2O4/c1-30-27(26(21-11-3-2-4-12-21)22-14-6-7-15-23(22)28(30)33)29(34)35-19-17-25(32)31-18-9-13-20-10-5-8-16-24(20)31/h2-8,10-12,14-16H,9,13,17-19H2,1H3. The number of anilines is 1. The van der Waals surface area contributed by atoms with Gasteiger partial charge >= 0.3 is 5.97 Å². The molecule has 0 atom stereocenters. The summed E-state index contributed by atoms with van der Waals surface area (Å²) in [5, 5.41) is 1.22. The molecule has 1 aliphatic rings. The fourth-order valence-corrected chi connectivity index (χ4v) is 4.83. The van der Waals surface area contributed by atoms with E-state index in [1.54, 1.807) is 24.1 Å². The van der Waals surface area contributed by atoms with Crippen molar-refractivity contribution in [3.05, 3.63) is 100 Å². The lowest BCUT2D eigenvalue weighted by Gasteiger charge is -2.29. The normalized spacial score (nSPS) is 12.9. The number of hydrogen-bond acceptors (Lipinski definition) is 4. The zero-order chi connectivity index (χ0) is 24.4. The highest BCUT2D eigenvalue weighted by molar-refractivity contribution is 6.06. The van der Waals surface area contributed by atoms with Gasteiger partial charge in [-0.15, -0.1) is 0 Å². The first-order chi connectivity index (χ1) is 17.1. The van der Waals surface area contributed by atoms with Crippen LogP contribution in [0.1, 0.15) is 28.9 Å². The number of esters is 1. The number of pyridine rings is 1. The number of rotatable bonds is 5. The molecule has 0 fully saturated rings. The van der Waals surface area contributed by atoms with Gasteiger partial charge in [-0.1, -0.05) is 66.7 Å². The molecule has 5 rings (SSSR count). The van der Waals surface area contributed by atoms with Crippen LogP contribution in [0.4, 0.5) is 5.69 Å². The zero-order valence-corrected chi connectivity index (χ0v) is 19.6. The number of carbonyl (C=O) groups excluding carboxylic acids is 2. The highest BCUT2D eigenvalue weighted by Gasteiger charge is 2.25. The fraction of sp³-hybridized carbons (Fsp3) is 0.207. The van der Waals surface area contributed by atoms with Crippen molar-refractivity contribution in [2.24, 2.45) is 7.05 Å². The highest BCUT2D eigenvalue weighted by Crippen LogP contribution is 2.31. The summed E-state index contributed by atoms with van der Waals surface area (Å²) in [7, 11) is 1.58. The molecule has 0 bridgehead atoms. The van der Waals surface area contributed by atoms with Gasteiger partial charge in [0.15, 0.2) is 0 Å². The Bertz CT molecular complexity index is 1470. The number of hydrogen-bond donors (Lipinski definition) is 0. The maximum Gasteiger partial charge on any atom is 0.355 e. The summed E-state index contributed by atoms with van der Waals surface area (Å²) < 4.78 is 6.92. The predicted molar refractivity (Wildman–Crippen MR) is 137 cm³/mol. The molecule has 35 heavy (non-hydrogen) atoms. The molecule has 3 aromatic carbocycles. The Hall–Kier alpha value is -4.19. The van der Waals surface area contributed by atoms with Crippen LogP contribution in [0.15, 0.2) is 83.7 Å². The molecule has 0 aliphatic carbocycles. The molecule has 1 aromatic heterocycles. The van der Waals surface area contributed by atoms with Gasteiger partial charge in [0.2, 0.25) is 5.91 Å². The topological polar surface area (TPSA) is 68.6 Å². The van der Waals surface area contributed by atoms with E-state index >= 15 is 0 Å². The minimum absolute atomic E-state index is 0.0639. The third-order valence-corrected chi connectivity index (χ3v) is 6.52. The van der Waals surface area contributed by atoms with Gasteiger partial charge in [-0.2, -0.15) is 0 Å². The Morgan fingerprint density at radius 1 is 0.886 bits per heavy atom. The van der Waals surface area contributed by atoms with Crippen molar-refractivity contribution in [2.75, 3.05) is 18.1 Å². The van der Waals surface area contributed by atoms with Gasteiger partial charge in [0.1, 0.15) is 12.3 Å². The van der Waals surface area contributed by atoms with E-state index in [-0.39, 0.29) is 30.2 Å². The van der Waals surface area contributed by atoms with Crippen molar-refractivity contribution in [1.29, 1.82) is 0 Å². The summed E-state index contributed by atoms with van der Waals surface area (Å²) in [6, 6.07) is 24.6. The Morgan fingerprint density at radius 2 is 1.57 bits per heavy atom. The van der Waals surface area contributed by atoms with Crippen LogP contribution in [0.5, 0.6) is 0 Å². The molecule has 6 heteroatoms. The molecule has 6 nitrogen and oxygen atoms in total. The predicted octanol–water partition coefficient (Wildman–Crippen LogP) is 4.73. The molecule has 0 unspecified atom stereocenters. The summed E-state index contributed by atoms with van der Waals surface area (Å²) in [6.07, 6.45) is 1.93. The van der Waals surface area contributed by atoms with Gasteiger partial charge in [-0.05, 0) is 41.5 Å². The van der Waals surface area contributed by atoms with E-state index in [0.717, 1.165) is 29.7 Å². The second-order valence-electron chi connectivity index (χ2n) is 8.66. The zero-order valence-electron chi connectivity index (χ0n) is 19.6. The van der Waals surface area contributed by atoms with Crippen molar-refractivity contribution < 1.29 is 14.3 Å². The van der Waals surface area contributed by atoms with Crippen LogP contribution in [0.3, 0.4) is 0 Å². The van der Waals surface area contributed by atoms with Gasteiger partial charge in [0.05, 0.1) is 6.42 Å². The summed E-state index contributed by atoms with van der Waals surface area (Å²) >= 11 is 0. The fourth-order valence-electron chi connectivity index (χ4n) is 4.83. The van der Waals surface area contributed by atoms with E-state index in [2.05, 4.69) is 0 Å². The van der Waals surface area contributed by atoms with Crippen LogP contribution in [0.25, 0.3) is 21.9 Å². The van der Waals surface area contributed by atoms with Crippen molar-refractivity contribution in [3.8, 4) is 11.1 Å². The number of amides is 1. The molecule has 2 heterocycles. The number of aryl methyl sites for hydroxylation is 1. The number of carbonyl (C=O) groups is 2. The number of nitrogens with zero attached hydrogens (tertiary/aromatic N) is 2. The molecule has 1 amide bonds. The van der Waals surface area contributed by atoms with Gasteiger partial charge < -0.3 is 14.2 Å². The van der Waals surface area contributed by atoms with Crippen molar-refractivity contribution in [1.82, 2.24) is 4.57 Å². The van der Waals surface area contributed by atoms with E-state index in [1.807, 2.05) is 66.7 Å². The number of para-hydroxylation sites is 1. The van der Waals surface area contributed by atoms with Crippen LogP contribution < -0.4 is 10.5 Å². The molecule has 1 aliphatic heterocycles. The van der Waals surface area contributed by atoms with Crippen LogP contribution in [-0.4, -0.2) is 29.6 Å². The second kappa shape index (κ2) is 9.58. The monoisotopic (exact) mass is 466 g/mol. The lowest BCUT2D eigenvalue weighted by atomic mass is 9.97. The van der Waals surface area contributed by atoms with Crippen molar-refractivity contribution in [2.45, 2.75) is 19.3 Å². The first-order valence-corrected chi connectivity index (χ1v) is 11.8. The Kier molecular flexibility index (Phi) is 6.19. The van der Waals surface area contributed by atoms with E-state index in [4.69, 9.17) is 4.74 Å². The smallest absolute Gasteiger partial charge is 0.355 e. The van der Waals surface area contributed by atoms with E-state index in [1.165, 1.54) is 4.57 Å². The minimum Gasteiger partial charge on any atom is -0.460 e. The summed E-state index contributed by atoms with van der Waals surface area (Å²) in [4.78, 5) is 41.1. The molecule has 0 N–H and O–H groups in total. The summed E-state index contributed by atoms with van der Waals surface area (Å²) in [6.45, 7) is 0.590. The highest BCUT2D eigenvalue weighted by atomic mass is 16.5. The number of ether oxygens (including phenoxy) is 1. The Morgan fingerprint density at radius 3 is 2.37 bits per heavy atom. The maximum absolute atomic E-state index is 13.3. The van der Waals surface area contributed by atoms with E-state index < -0.39 is 5.97 Å². The minimum atomic E-state index is -0.624. The largest absolute Gasteiger partial charge is 0.460 e. The van der Waals surface area contributed by atoms with Crippen molar-refractivity contribution in [3.63, 3.8) is 0 Å². The average Bonchev–Trinajstić information content (AvgIpc) is 2.90. The molecule has 0 spiro atoms. The third kappa shape index (κ3) is 4.23. The van der Waals surface area contributed by atoms with Crippen LogP contribution in [-0.2, 0) is 23.0 Å². The first kappa shape index (κ1) is 22.6. The Balaban J connectivity index is 1.42.